The molecule has 0 amide bonds. The average molecular weight is 313 g/mol. The lowest BCUT2D eigenvalue weighted by atomic mass is 10.0. The van der Waals surface area contributed by atoms with Crippen LogP contribution in [0.1, 0.15) is 43.7 Å². The minimum Gasteiger partial charge on any atom is -0.494 e. The first-order valence-corrected chi connectivity index (χ1v) is 8.28. The number of nitrogen functional groups attached to an aromatic ring is 1. The van der Waals surface area contributed by atoms with E-state index < -0.39 is 0 Å². The molecule has 0 heterocycles. The van der Waals surface area contributed by atoms with E-state index in [9.17, 15) is 0 Å². The molecule has 124 valence electrons. The fourth-order valence-corrected chi connectivity index (χ4v) is 2.33. The molecule has 3 nitrogen and oxygen atoms in total. The lowest BCUT2D eigenvalue weighted by molar-refractivity contribution is 0.265. The van der Waals surface area contributed by atoms with Crippen molar-refractivity contribution in [2.75, 3.05) is 18.9 Å². The van der Waals surface area contributed by atoms with E-state index in [1.54, 1.807) is 0 Å². The Morgan fingerprint density at radius 1 is 0.957 bits per heavy atom. The van der Waals surface area contributed by atoms with Crippen LogP contribution in [0.4, 0.5) is 5.69 Å². The quantitative estimate of drug-likeness (QED) is 0.554. The second-order valence-corrected chi connectivity index (χ2v) is 6.10. The van der Waals surface area contributed by atoms with Crippen molar-refractivity contribution < 1.29 is 9.47 Å². The van der Waals surface area contributed by atoms with Gasteiger partial charge in [-0.15, -0.1) is 0 Å². The van der Waals surface area contributed by atoms with E-state index in [1.807, 2.05) is 31.2 Å². The molecule has 0 saturated carbocycles. The zero-order valence-electron chi connectivity index (χ0n) is 14.3. The predicted octanol–water partition coefficient (Wildman–Crippen LogP) is 4.94. The highest BCUT2D eigenvalue weighted by atomic mass is 16.5. The van der Waals surface area contributed by atoms with Crippen LogP contribution in [0.3, 0.4) is 0 Å². The molecule has 2 N–H and O–H groups in total. The SMILES string of the molecule is Cc1c(N)cccc1OCCCCOc1cccc(C(C)C)c1. The van der Waals surface area contributed by atoms with Crippen molar-refractivity contribution in [3.05, 3.63) is 53.6 Å². The Morgan fingerprint density at radius 3 is 2.39 bits per heavy atom. The maximum atomic E-state index is 5.87. The van der Waals surface area contributed by atoms with E-state index in [4.69, 9.17) is 15.2 Å². The van der Waals surface area contributed by atoms with Crippen LogP contribution in [0, 0.1) is 6.92 Å². The molecule has 0 radical (unpaired) electrons. The van der Waals surface area contributed by atoms with Gasteiger partial charge in [0.25, 0.3) is 0 Å². The minimum absolute atomic E-state index is 0.522. The Balaban J connectivity index is 1.68. The Bertz CT molecular complexity index is 623. The van der Waals surface area contributed by atoms with Gasteiger partial charge in [-0.3, -0.25) is 0 Å². The van der Waals surface area contributed by atoms with Gasteiger partial charge in [0.1, 0.15) is 11.5 Å². The van der Waals surface area contributed by atoms with Crippen molar-refractivity contribution in [3.63, 3.8) is 0 Å². The summed E-state index contributed by atoms with van der Waals surface area (Å²) in [6.07, 6.45) is 1.92. The van der Waals surface area contributed by atoms with Crippen LogP contribution in [0.5, 0.6) is 11.5 Å². The van der Waals surface area contributed by atoms with E-state index in [0.29, 0.717) is 19.1 Å². The second-order valence-electron chi connectivity index (χ2n) is 6.10. The number of ether oxygens (including phenoxy) is 2. The van der Waals surface area contributed by atoms with Crippen LogP contribution in [0.2, 0.25) is 0 Å². The number of hydrogen-bond donors (Lipinski definition) is 1. The van der Waals surface area contributed by atoms with Crippen molar-refractivity contribution in [3.8, 4) is 11.5 Å². The number of rotatable bonds is 8. The monoisotopic (exact) mass is 313 g/mol. The largest absolute Gasteiger partial charge is 0.494 e. The maximum Gasteiger partial charge on any atom is 0.124 e. The maximum absolute atomic E-state index is 5.87. The van der Waals surface area contributed by atoms with Gasteiger partial charge in [-0.05, 0) is 55.5 Å². The van der Waals surface area contributed by atoms with Crippen molar-refractivity contribution in [2.24, 2.45) is 0 Å². The van der Waals surface area contributed by atoms with E-state index in [0.717, 1.165) is 35.6 Å². The predicted molar refractivity (Wildman–Crippen MR) is 96.3 cm³/mol. The van der Waals surface area contributed by atoms with E-state index in [2.05, 4.69) is 32.0 Å². The van der Waals surface area contributed by atoms with Gasteiger partial charge in [-0.1, -0.05) is 32.0 Å². The summed E-state index contributed by atoms with van der Waals surface area (Å²) in [6.45, 7) is 7.75. The normalized spacial score (nSPS) is 10.8. The summed E-state index contributed by atoms with van der Waals surface area (Å²) in [5.41, 5.74) is 8.96. The Morgan fingerprint density at radius 2 is 1.65 bits per heavy atom. The van der Waals surface area contributed by atoms with E-state index in [1.165, 1.54) is 5.56 Å². The van der Waals surface area contributed by atoms with Crippen molar-refractivity contribution in [2.45, 2.75) is 39.5 Å². The number of anilines is 1. The molecule has 23 heavy (non-hydrogen) atoms. The van der Waals surface area contributed by atoms with Gasteiger partial charge in [0.15, 0.2) is 0 Å². The molecule has 0 aliphatic rings. The minimum atomic E-state index is 0.522. The standard InChI is InChI=1S/C20H27NO2/c1-15(2)17-8-6-9-18(14-17)22-12-4-5-13-23-20-11-7-10-19(21)16(20)3/h6-11,14-15H,4-5,12-13,21H2,1-3H3. The van der Waals surface area contributed by atoms with Gasteiger partial charge in [-0.2, -0.15) is 0 Å². The summed E-state index contributed by atoms with van der Waals surface area (Å²) in [6, 6.07) is 14.1. The molecule has 0 unspecified atom stereocenters. The molecule has 0 aromatic heterocycles. The summed E-state index contributed by atoms with van der Waals surface area (Å²) < 4.78 is 11.6. The lowest BCUT2D eigenvalue weighted by Crippen LogP contribution is -2.04. The summed E-state index contributed by atoms with van der Waals surface area (Å²) in [7, 11) is 0. The lowest BCUT2D eigenvalue weighted by Gasteiger charge is -2.11. The van der Waals surface area contributed by atoms with Crippen LogP contribution in [0.15, 0.2) is 42.5 Å². The van der Waals surface area contributed by atoms with Crippen molar-refractivity contribution in [1.82, 2.24) is 0 Å². The van der Waals surface area contributed by atoms with E-state index in [-0.39, 0.29) is 0 Å². The highest BCUT2D eigenvalue weighted by molar-refractivity contribution is 5.53. The summed E-state index contributed by atoms with van der Waals surface area (Å²) in [5.74, 6) is 2.34. The zero-order valence-corrected chi connectivity index (χ0v) is 14.3. The van der Waals surface area contributed by atoms with Crippen LogP contribution < -0.4 is 15.2 Å². The highest BCUT2D eigenvalue weighted by Crippen LogP contribution is 2.23. The van der Waals surface area contributed by atoms with Gasteiger partial charge in [0.2, 0.25) is 0 Å². The molecular weight excluding hydrogens is 286 g/mol. The third-order valence-electron chi connectivity index (χ3n) is 3.92. The second kappa shape index (κ2) is 8.47. The molecule has 0 spiro atoms. The van der Waals surface area contributed by atoms with Gasteiger partial charge in [0, 0.05) is 11.3 Å². The first-order chi connectivity index (χ1) is 11.1. The van der Waals surface area contributed by atoms with Crippen LogP contribution in [-0.4, -0.2) is 13.2 Å². The van der Waals surface area contributed by atoms with Gasteiger partial charge < -0.3 is 15.2 Å². The molecule has 0 fully saturated rings. The molecular formula is C20H27NO2. The first kappa shape index (κ1) is 17.2. The van der Waals surface area contributed by atoms with Crippen LogP contribution in [-0.2, 0) is 0 Å². The number of hydrogen-bond acceptors (Lipinski definition) is 3. The molecule has 2 rings (SSSR count). The molecule has 0 saturated heterocycles. The summed E-state index contributed by atoms with van der Waals surface area (Å²) >= 11 is 0. The van der Waals surface area contributed by atoms with Crippen molar-refractivity contribution >= 4 is 5.69 Å². The molecule has 2 aromatic carbocycles. The first-order valence-electron chi connectivity index (χ1n) is 8.28. The molecule has 0 aliphatic carbocycles. The van der Waals surface area contributed by atoms with Crippen molar-refractivity contribution in [1.29, 1.82) is 0 Å². The average Bonchev–Trinajstić information content (AvgIpc) is 2.54. The highest BCUT2D eigenvalue weighted by Gasteiger charge is 2.03. The number of benzene rings is 2. The van der Waals surface area contributed by atoms with Gasteiger partial charge in [-0.25, -0.2) is 0 Å². The van der Waals surface area contributed by atoms with E-state index >= 15 is 0 Å². The molecule has 3 heteroatoms. The van der Waals surface area contributed by atoms with Gasteiger partial charge >= 0.3 is 0 Å². The summed E-state index contributed by atoms with van der Waals surface area (Å²) in [5, 5.41) is 0. The fourth-order valence-electron chi connectivity index (χ4n) is 2.33. The summed E-state index contributed by atoms with van der Waals surface area (Å²) in [4.78, 5) is 0. The Kier molecular flexibility index (Phi) is 6.33. The fraction of sp³-hybridized carbons (Fsp3) is 0.400. The molecule has 2 aromatic rings. The smallest absolute Gasteiger partial charge is 0.124 e. The third-order valence-corrected chi connectivity index (χ3v) is 3.92. The molecule has 0 atom stereocenters. The Hall–Kier alpha value is -2.16. The molecule has 0 bridgehead atoms. The van der Waals surface area contributed by atoms with Crippen LogP contribution >= 0.6 is 0 Å². The topological polar surface area (TPSA) is 44.5 Å². The third kappa shape index (κ3) is 5.20. The number of nitrogens with two attached hydrogens (primary N) is 1. The zero-order chi connectivity index (χ0) is 16.7. The van der Waals surface area contributed by atoms with Crippen LogP contribution in [0.25, 0.3) is 0 Å². The Labute approximate surface area is 139 Å². The number of unbranched alkanes of at least 4 members (excludes halogenated alkanes) is 1. The molecule has 0 aliphatic heterocycles. The van der Waals surface area contributed by atoms with Gasteiger partial charge in [0.05, 0.1) is 13.2 Å².